The summed E-state index contributed by atoms with van der Waals surface area (Å²) in [4.78, 5) is 19.9. The Labute approximate surface area is 137 Å². The van der Waals surface area contributed by atoms with E-state index in [0.717, 1.165) is 40.7 Å². The molecule has 5 nitrogen and oxygen atoms in total. The van der Waals surface area contributed by atoms with Gasteiger partial charge in [-0.3, -0.25) is 10.2 Å². The first-order valence-electron chi connectivity index (χ1n) is 7.80. The summed E-state index contributed by atoms with van der Waals surface area (Å²) in [5, 5.41) is 0.768. The number of nitrogens with one attached hydrogen (secondary N) is 1. The Morgan fingerprint density at radius 1 is 1.22 bits per heavy atom. The first-order chi connectivity index (χ1) is 11.2. The maximum atomic E-state index is 13.2. The van der Waals surface area contributed by atoms with Gasteiger partial charge in [0.25, 0.3) is 5.56 Å². The molecule has 3 aromatic rings. The molecule has 0 fully saturated rings. The van der Waals surface area contributed by atoms with E-state index in [0.29, 0.717) is 5.95 Å². The largest absolute Gasteiger partial charge is 0.293 e. The molecule has 0 saturated carbocycles. The molecule has 0 saturated heterocycles. The minimum atomic E-state index is -0.0359. The number of fused-ring (bicyclic) bond motifs is 3. The lowest BCUT2D eigenvalue weighted by molar-refractivity contribution is 0.699. The van der Waals surface area contributed by atoms with Crippen LogP contribution in [-0.2, 0) is 12.8 Å². The molecule has 1 aromatic carbocycles. The maximum absolute atomic E-state index is 13.2. The van der Waals surface area contributed by atoms with Crippen molar-refractivity contribution in [3.05, 3.63) is 50.6 Å². The second-order valence-corrected chi connectivity index (χ2v) is 7.03. The van der Waals surface area contributed by atoms with Crippen LogP contribution in [0.2, 0.25) is 0 Å². The van der Waals surface area contributed by atoms with Gasteiger partial charge in [0.1, 0.15) is 4.83 Å². The van der Waals surface area contributed by atoms with E-state index in [4.69, 9.17) is 5.84 Å². The lowest BCUT2D eigenvalue weighted by Crippen LogP contribution is -2.26. The molecule has 23 heavy (non-hydrogen) atoms. The molecule has 1 aliphatic carbocycles. The summed E-state index contributed by atoms with van der Waals surface area (Å²) in [6, 6.07) is 7.80. The van der Waals surface area contributed by atoms with Crippen LogP contribution in [0.15, 0.2) is 29.1 Å². The van der Waals surface area contributed by atoms with Crippen LogP contribution in [0.25, 0.3) is 15.9 Å². The van der Waals surface area contributed by atoms with Crippen LogP contribution in [0.5, 0.6) is 0 Å². The molecule has 0 atom stereocenters. The van der Waals surface area contributed by atoms with E-state index in [9.17, 15) is 4.79 Å². The number of thiophene rings is 1. The van der Waals surface area contributed by atoms with E-state index in [-0.39, 0.29) is 5.56 Å². The molecule has 0 unspecified atom stereocenters. The van der Waals surface area contributed by atoms with Crippen LogP contribution in [0, 0.1) is 6.92 Å². The Hall–Kier alpha value is -2.18. The molecule has 0 radical (unpaired) electrons. The number of nitrogen functional groups attached to an aromatic ring is 1. The quantitative estimate of drug-likeness (QED) is 0.561. The van der Waals surface area contributed by atoms with Gasteiger partial charge in [0, 0.05) is 4.88 Å². The summed E-state index contributed by atoms with van der Waals surface area (Å²) in [6.45, 7) is 2.02. The third-order valence-electron chi connectivity index (χ3n) is 4.41. The monoisotopic (exact) mass is 326 g/mol. The molecule has 3 N–H and O–H groups in total. The van der Waals surface area contributed by atoms with E-state index < -0.39 is 0 Å². The number of nitrogens with zero attached hydrogens (tertiary/aromatic N) is 2. The minimum absolute atomic E-state index is 0.0359. The fourth-order valence-electron chi connectivity index (χ4n) is 3.24. The summed E-state index contributed by atoms with van der Waals surface area (Å²) in [5.41, 5.74) is 5.66. The highest BCUT2D eigenvalue weighted by molar-refractivity contribution is 7.18. The first-order valence-corrected chi connectivity index (χ1v) is 8.61. The topological polar surface area (TPSA) is 72.9 Å². The predicted octanol–water partition coefficient (Wildman–Crippen LogP) is 2.92. The van der Waals surface area contributed by atoms with Crippen LogP contribution >= 0.6 is 11.3 Å². The Bertz CT molecular complexity index is 940. The van der Waals surface area contributed by atoms with Crippen molar-refractivity contribution in [2.45, 2.75) is 32.6 Å². The molecule has 2 heterocycles. The molecule has 4 rings (SSSR count). The zero-order valence-electron chi connectivity index (χ0n) is 12.9. The first kappa shape index (κ1) is 14.4. The maximum Gasteiger partial charge on any atom is 0.268 e. The van der Waals surface area contributed by atoms with Crippen LogP contribution in [0.4, 0.5) is 5.95 Å². The van der Waals surface area contributed by atoms with Gasteiger partial charge in [0.05, 0.1) is 11.1 Å². The summed E-state index contributed by atoms with van der Waals surface area (Å²) >= 11 is 1.63. The fourth-order valence-corrected chi connectivity index (χ4v) is 4.49. The third-order valence-corrected chi connectivity index (χ3v) is 5.60. The zero-order valence-corrected chi connectivity index (χ0v) is 13.7. The summed E-state index contributed by atoms with van der Waals surface area (Å²) in [5.74, 6) is 6.01. The van der Waals surface area contributed by atoms with Gasteiger partial charge in [0.2, 0.25) is 5.95 Å². The second kappa shape index (κ2) is 5.47. The molecule has 6 heteroatoms. The molecular weight excluding hydrogens is 308 g/mol. The number of anilines is 1. The van der Waals surface area contributed by atoms with E-state index >= 15 is 0 Å². The Balaban J connectivity index is 2.04. The van der Waals surface area contributed by atoms with E-state index in [1.807, 2.05) is 31.2 Å². The SMILES string of the molecule is Cc1ccc(-n2c(NN)nc3sc4c(c3c2=O)CCCC4)cc1. The van der Waals surface area contributed by atoms with E-state index in [2.05, 4.69) is 10.4 Å². The molecule has 0 amide bonds. The number of aryl methyl sites for hydroxylation is 3. The smallest absolute Gasteiger partial charge is 0.268 e. The average Bonchev–Trinajstić information content (AvgIpc) is 2.94. The van der Waals surface area contributed by atoms with Crippen molar-refractivity contribution in [3.63, 3.8) is 0 Å². The van der Waals surface area contributed by atoms with Gasteiger partial charge >= 0.3 is 0 Å². The van der Waals surface area contributed by atoms with Crippen molar-refractivity contribution in [2.75, 3.05) is 5.43 Å². The molecule has 2 aromatic heterocycles. The number of hydrogen-bond donors (Lipinski definition) is 2. The van der Waals surface area contributed by atoms with Gasteiger partial charge in [-0.1, -0.05) is 17.7 Å². The Kier molecular flexibility index (Phi) is 3.43. The number of hydrazine groups is 1. The molecular formula is C17H18N4OS. The lowest BCUT2D eigenvalue weighted by atomic mass is 9.97. The highest BCUT2D eigenvalue weighted by Gasteiger charge is 2.22. The summed E-state index contributed by atoms with van der Waals surface area (Å²) in [6.07, 6.45) is 4.34. The van der Waals surface area contributed by atoms with E-state index in [1.54, 1.807) is 15.9 Å². The van der Waals surface area contributed by atoms with Gasteiger partial charge < -0.3 is 0 Å². The Morgan fingerprint density at radius 3 is 2.70 bits per heavy atom. The van der Waals surface area contributed by atoms with Crippen LogP contribution in [0.1, 0.15) is 28.8 Å². The minimum Gasteiger partial charge on any atom is -0.293 e. The van der Waals surface area contributed by atoms with E-state index in [1.165, 1.54) is 16.9 Å². The van der Waals surface area contributed by atoms with Crippen molar-refractivity contribution in [2.24, 2.45) is 5.84 Å². The van der Waals surface area contributed by atoms with Gasteiger partial charge in [-0.15, -0.1) is 11.3 Å². The zero-order chi connectivity index (χ0) is 16.0. The number of aromatic nitrogens is 2. The molecule has 118 valence electrons. The van der Waals surface area contributed by atoms with Crippen molar-refractivity contribution in [3.8, 4) is 5.69 Å². The van der Waals surface area contributed by atoms with Gasteiger partial charge in [-0.05, 0) is 50.3 Å². The normalized spacial score (nSPS) is 14.0. The summed E-state index contributed by atoms with van der Waals surface area (Å²) < 4.78 is 1.57. The lowest BCUT2D eigenvalue weighted by Gasteiger charge is -2.13. The summed E-state index contributed by atoms with van der Waals surface area (Å²) in [7, 11) is 0. The van der Waals surface area contributed by atoms with Gasteiger partial charge in [-0.2, -0.15) is 0 Å². The number of hydrogen-bond acceptors (Lipinski definition) is 5. The van der Waals surface area contributed by atoms with Crippen LogP contribution < -0.4 is 16.8 Å². The molecule has 0 spiro atoms. The van der Waals surface area contributed by atoms with Crippen molar-refractivity contribution >= 4 is 27.5 Å². The second-order valence-electron chi connectivity index (χ2n) is 5.95. The van der Waals surface area contributed by atoms with Crippen molar-refractivity contribution < 1.29 is 0 Å². The standard InChI is InChI=1S/C17H18N4OS/c1-10-6-8-11(9-7-10)21-16(22)14-12-4-2-3-5-13(12)23-15(14)19-17(21)20-18/h6-9H,2-5,18H2,1H3,(H,19,20). The van der Waals surface area contributed by atoms with Gasteiger partial charge in [0.15, 0.2) is 0 Å². The third kappa shape index (κ3) is 2.26. The Morgan fingerprint density at radius 2 is 1.96 bits per heavy atom. The van der Waals surface area contributed by atoms with Crippen molar-refractivity contribution in [1.29, 1.82) is 0 Å². The van der Waals surface area contributed by atoms with Gasteiger partial charge in [-0.25, -0.2) is 15.4 Å². The molecule has 0 bridgehead atoms. The molecule has 0 aliphatic heterocycles. The highest BCUT2D eigenvalue weighted by Crippen LogP contribution is 2.34. The van der Waals surface area contributed by atoms with Crippen LogP contribution in [-0.4, -0.2) is 9.55 Å². The predicted molar refractivity (Wildman–Crippen MR) is 94.4 cm³/mol. The van der Waals surface area contributed by atoms with Crippen LogP contribution in [0.3, 0.4) is 0 Å². The molecule has 1 aliphatic rings. The average molecular weight is 326 g/mol. The number of nitrogens with two attached hydrogens (primary N) is 1. The highest BCUT2D eigenvalue weighted by atomic mass is 32.1. The van der Waals surface area contributed by atoms with Crippen molar-refractivity contribution in [1.82, 2.24) is 9.55 Å². The number of benzene rings is 1. The number of rotatable bonds is 2. The fraction of sp³-hybridized carbons (Fsp3) is 0.294.